The number of rotatable bonds is 14. The van der Waals surface area contributed by atoms with Gasteiger partial charge in [0, 0.05) is 21.2 Å². The van der Waals surface area contributed by atoms with E-state index in [2.05, 4.69) is 189 Å². The van der Waals surface area contributed by atoms with Gasteiger partial charge >= 0.3 is 0 Å². The smallest absolute Gasteiger partial charge is 0.192 e. The van der Waals surface area contributed by atoms with Crippen LogP contribution in [0.5, 0.6) is 0 Å². The summed E-state index contributed by atoms with van der Waals surface area (Å²) in [5.41, 5.74) is 0. The molecule has 0 aliphatic carbocycles. The maximum absolute atomic E-state index is 7.48. The predicted octanol–water partition coefficient (Wildman–Crippen LogP) is 9.66. The molecule has 1 fully saturated rings. The molecule has 0 N–H and O–H groups in total. The molecule has 0 unspecified atom stereocenters. The van der Waals surface area contributed by atoms with Crippen molar-refractivity contribution in [2.45, 2.75) is 102 Å². The third-order valence-corrected chi connectivity index (χ3v) is 23.6. The van der Waals surface area contributed by atoms with E-state index in [0.717, 1.165) is 21.2 Å². The third kappa shape index (κ3) is 10.1. The zero-order valence-corrected chi connectivity index (χ0v) is 36.0. The first-order valence-corrected chi connectivity index (χ1v) is 26.5. The second-order valence-corrected chi connectivity index (χ2v) is 29.7. The summed E-state index contributed by atoms with van der Waals surface area (Å²) >= 11 is 0. The minimum Gasteiger partial charge on any atom is -0.414 e. The second kappa shape index (κ2) is 17.0. The zero-order chi connectivity index (χ0) is 36.9. The summed E-state index contributed by atoms with van der Waals surface area (Å²) in [4.78, 5) is 0. The van der Waals surface area contributed by atoms with Gasteiger partial charge in [-0.25, -0.2) is 0 Å². The Kier molecular flexibility index (Phi) is 13.4. The van der Waals surface area contributed by atoms with Crippen LogP contribution < -0.4 is 21.2 Å². The third-order valence-electron chi connectivity index (χ3n) is 10.7. The fraction of sp³-hybridized carbons (Fsp3) is 0.429. The lowest BCUT2D eigenvalue weighted by Gasteiger charge is -2.38. The van der Waals surface area contributed by atoms with E-state index in [4.69, 9.17) is 22.6 Å². The van der Waals surface area contributed by atoms with Gasteiger partial charge in [-0.1, -0.05) is 163 Å². The molecule has 9 heteroatoms. The molecule has 4 aromatic rings. The maximum atomic E-state index is 7.48. The van der Waals surface area contributed by atoms with Gasteiger partial charge < -0.3 is 22.6 Å². The van der Waals surface area contributed by atoms with Crippen LogP contribution >= 0.6 is 16.3 Å². The van der Waals surface area contributed by atoms with Crippen LogP contribution in [0.3, 0.4) is 0 Å². The molecule has 0 spiro atoms. The van der Waals surface area contributed by atoms with Crippen LogP contribution in [0.15, 0.2) is 121 Å². The van der Waals surface area contributed by atoms with Crippen LogP contribution in [-0.2, 0) is 22.6 Å². The van der Waals surface area contributed by atoms with Crippen molar-refractivity contribution in [2.75, 3.05) is 13.2 Å². The Balaban J connectivity index is 1.61. The molecule has 0 radical (unpaired) electrons. The van der Waals surface area contributed by atoms with E-state index in [0.29, 0.717) is 13.2 Å². The largest absolute Gasteiger partial charge is 0.414 e. The number of hydrogen-bond acceptors (Lipinski definition) is 5. The van der Waals surface area contributed by atoms with Crippen LogP contribution in [0.2, 0.25) is 36.3 Å². The van der Waals surface area contributed by atoms with Gasteiger partial charge in [0.05, 0.1) is 29.5 Å². The normalized spacial score (nSPS) is 20.3. The van der Waals surface area contributed by atoms with E-state index < -0.39 is 45.1 Å². The number of ether oxygens (including phenoxy) is 1. The lowest BCUT2D eigenvalue weighted by molar-refractivity contribution is -0.0303. The molecule has 4 atom stereocenters. The molecule has 0 bridgehead atoms. The summed E-state index contributed by atoms with van der Waals surface area (Å²) in [6.07, 6.45) is -1.52. The Morgan fingerprint density at radius 1 is 0.471 bits per heavy atom. The highest BCUT2D eigenvalue weighted by Gasteiger charge is 2.51. The van der Waals surface area contributed by atoms with Gasteiger partial charge in [-0.3, -0.25) is 0 Å². The van der Waals surface area contributed by atoms with E-state index in [1.807, 2.05) is 0 Å². The van der Waals surface area contributed by atoms with Gasteiger partial charge in [0.15, 0.2) is 16.6 Å². The number of benzene rings is 4. The topological polar surface area (TPSA) is 46.2 Å². The molecule has 1 heterocycles. The molecule has 4 aromatic carbocycles. The lowest BCUT2D eigenvalue weighted by Crippen LogP contribution is -2.46. The molecular formula is C42H58O5P2Si2. The summed E-state index contributed by atoms with van der Waals surface area (Å²) in [6, 6.07) is 42.3. The van der Waals surface area contributed by atoms with Gasteiger partial charge in [-0.05, 0) is 36.3 Å². The van der Waals surface area contributed by atoms with Crippen molar-refractivity contribution in [3.8, 4) is 0 Å². The maximum Gasteiger partial charge on any atom is 0.192 e. The van der Waals surface area contributed by atoms with Crippen LogP contribution in [-0.4, -0.2) is 54.3 Å². The van der Waals surface area contributed by atoms with Gasteiger partial charge in [0.2, 0.25) is 0 Å². The van der Waals surface area contributed by atoms with E-state index >= 15 is 0 Å². The highest BCUT2D eigenvalue weighted by Crippen LogP contribution is 2.47. The minimum absolute atomic E-state index is 0.0539. The van der Waals surface area contributed by atoms with Crippen LogP contribution in [0.25, 0.3) is 0 Å². The first-order valence-electron chi connectivity index (χ1n) is 18.1. The highest BCUT2D eigenvalue weighted by molar-refractivity contribution is 7.69. The average Bonchev–Trinajstić information content (AvgIpc) is 3.43. The lowest BCUT2D eigenvalue weighted by atomic mass is 10.1. The Morgan fingerprint density at radius 3 is 0.961 bits per heavy atom. The molecule has 274 valence electrons. The van der Waals surface area contributed by atoms with Gasteiger partial charge in [-0.15, -0.1) is 0 Å². The van der Waals surface area contributed by atoms with Crippen molar-refractivity contribution in [3.05, 3.63) is 121 Å². The van der Waals surface area contributed by atoms with Crippen molar-refractivity contribution in [3.63, 3.8) is 0 Å². The molecule has 5 rings (SSSR count). The summed E-state index contributed by atoms with van der Waals surface area (Å²) < 4.78 is 35.9. The second-order valence-electron chi connectivity index (χ2n) is 16.4. The monoisotopic (exact) mass is 760 g/mol. The van der Waals surface area contributed by atoms with Crippen molar-refractivity contribution in [1.82, 2.24) is 0 Å². The van der Waals surface area contributed by atoms with Gasteiger partial charge in [-0.2, -0.15) is 0 Å². The molecule has 1 saturated heterocycles. The Labute approximate surface area is 312 Å². The summed E-state index contributed by atoms with van der Waals surface area (Å²) in [5, 5.41) is 4.70. The van der Waals surface area contributed by atoms with E-state index in [1.54, 1.807) is 0 Å². The van der Waals surface area contributed by atoms with Crippen LogP contribution in [0, 0.1) is 0 Å². The van der Waals surface area contributed by atoms with Crippen molar-refractivity contribution in [1.29, 1.82) is 0 Å². The Bertz CT molecular complexity index is 1430. The molecular weight excluding hydrogens is 703 g/mol. The van der Waals surface area contributed by atoms with Gasteiger partial charge in [0.25, 0.3) is 0 Å². The van der Waals surface area contributed by atoms with E-state index in [9.17, 15) is 0 Å². The predicted molar refractivity (Wildman–Crippen MR) is 223 cm³/mol. The van der Waals surface area contributed by atoms with Crippen molar-refractivity contribution < 1.29 is 22.6 Å². The minimum atomic E-state index is -2.12. The SMILES string of the molecule is CC(C)(C)[Si](C)(C)OC[C@@H]1O[C@@H](CO[Si](C)(C)C(C)(C)C)[C@@H](OP(c2ccccc2)c2ccccc2)[C@@H]1OP(c1ccccc1)c1ccccc1. The van der Waals surface area contributed by atoms with Crippen molar-refractivity contribution >= 4 is 54.1 Å². The Morgan fingerprint density at radius 2 is 0.725 bits per heavy atom. The summed E-state index contributed by atoms with van der Waals surface area (Å²) in [6.45, 7) is 23.7. The molecule has 1 aliphatic rings. The molecule has 51 heavy (non-hydrogen) atoms. The first kappa shape index (κ1) is 40.2. The molecule has 0 aromatic heterocycles. The Hall–Kier alpha value is -2.03. The highest BCUT2D eigenvalue weighted by atomic mass is 31.1. The molecule has 0 saturated carbocycles. The van der Waals surface area contributed by atoms with Crippen LogP contribution in [0.1, 0.15) is 41.5 Å². The fourth-order valence-corrected chi connectivity index (χ4v) is 11.3. The molecule has 0 amide bonds. The molecule has 5 nitrogen and oxygen atoms in total. The fourth-order valence-electron chi connectivity index (χ4n) is 5.38. The summed E-state index contributed by atoms with van der Waals surface area (Å²) in [7, 11) is -6.65. The van der Waals surface area contributed by atoms with Crippen LogP contribution in [0.4, 0.5) is 0 Å². The zero-order valence-electron chi connectivity index (χ0n) is 32.2. The standard InChI is InChI=1S/C42H58O5P2Si2/c1-41(2,3)50(7,8)43-31-37-39(46-48(33-23-15-11-16-24-33)34-25-17-12-18-26-34)40(38(45-37)32-44-51(9,10)42(4,5)6)47-49(35-27-19-13-20-28-35)36-29-21-14-22-30-36/h11-30,37-40H,31-32H2,1-10H3/t37-,38-,39+,40+/m0/s1. The molecule has 1 aliphatic heterocycles. The first-order chi connectivity index (χ1) is 24.1. The van der Waals surface area contributed by atoms with E-state index in [1.165, 1.54) is 0 Å². The average molecular weight is 761 g/mol. The van der Waals surface area contributed by atoms with Crippen molar-refractivity contribution in [2.24, 2.45) is 0 Å². The summed E-state index contributed by atoms with van der Waals surface area (Å²) in [5.74, 6) is 0. The quantitative estimate of drug-likeness (QED) is 0.0947. The van der Waals surface area contributed by atoms with Gasteiger partial charge in [0.1, 0.15) is 24.4 Å². The van der Waals surface area contributed by atoms with E-state index in [-0.39, 0.29) is 22.3 Å². The number of hydrogen-bond donors (Lipinski definition) is 0.